The molecule has 1 atom stereocenters. The molecule has 0 spiro atoms. The molecule has 21 heavy (non-hydrogen) atoms. The number of thioether (sulfide) groups is 1. The average molecular weight is 304 g/mol. The molecule has 5 heteroatoms. The first-order valence-corrected chi connectivity index (χ1v) is 8.65. The van der Waals surface area contributed by atoms with Crippen molar-refractivity contribution in [2.24, 2.45) is 0 Å². The normalized spacial score (nSPS) is 22.5. The minimum atomic E-state index is -0.330. The molecular weight excluding hydrogens is 284 g/mol. The Bertz CT molecular complexity index is 514. The zero-order valence-corrected chi connectivity index (χ0v) is 12.8. The van der Waals surface area contributed by atoms with Crippen LogP contribution in [0.15, 0.2) is 30.3 Å². The Hall–Kier alpha value is -1.49. The summed E-state index contributed by atoms with van der Waals surface area (Å²) in [6.45, 7) is 0. The maximum absolute atomic E-state index is 12.5. The van der Waals surface area contributed by atoms with Gasteiger partial charge in [0.1, 0.15) is 6.04 Å². The maximum atomic E-state index is 12.5. The van der Waals surface area contributed by atoms with Gasteiger partial charge in [0.15, 0.2) is 0 Å². The molecule has 1 saturated heterocycles. The summed E-state index contributed by atoms with van der Waals surface area (Å²) in [7, 11) is 0. The lowest BCUT2D eigenvalue weighted by Gasteiger charge is -2.24. The van der Waals surface area contributed by atoms with Gasteiger partial charge in [0.05, 0.1) is 5.88 Å². The average Bonchev–Trinajstić information content (AvgIpc) is 3.18. The summed E-state index contributed by atoms with van der Waals surface area (Å²) in [5, 5.41) is 3.11. The quantitative estimate of drug-likeness (QED) is 0.932. The topological polar surface area (TPSA) is 49.4 Å². The van der Waals surface area contributed by atoms with Gasteiger partial charge >= 0.3 is 0 Å². The fourth-order valence-corrected chi connectivity index (χ4v) is 4.13. The van der Waals surface area contributed by atoms with E-state index in [1.807, 2.05) is 18.2 Å². The molecule has 1 N–H and O–H groups in total. The lowest BCUT2D eigenvalue weighted by Crippen LogP contribution is -2.49. The molecule has 1 aromatic carbocycles. The molecule has 112 valence electrons. The van der Waals surface area contributed by atoms with Crippen LogP contribution < -0.4 is 5.32 Å². The lowest BCUT2D eigenvalue weighted by molar-refractivity contribution is -0.125. The largest absolute Gasteiger partial charge is 0.352 e. The van der Waals surface area contributed by atoms with E-state index >= 15 is 0 Å². The molecule has 1 heterocycles. The maximum Gasteiger partial charge on any atom is 0.255 e. The van der Waals surface area contributed by atoms with Gasteiger partial charge in [-0.05, 0) is 25.0 Å². The Balaban J connectivity index is 1.67. The fourth-order valence-electron chi connectivity index (χ4n) is 2.97. The van der Waals surface area contributed by atoms with E-state index in [0.29, 0.717) is 23.2 Å². The van der Waals surface area contributed by atoms with Crippen LogP contribution in [0.1, 0.15) is 36.0 Å². The molecule has 0 unspecified atom stereocenters. The monoisotopic (exact) mass is 304 g/mol. The summed E-state index contributed by atoms with van der Waals surface area (Å²) in [6.07, 6.45) is 4.52. The highest BCUT2D eigenvalue weighted by atomic mass is 32.2. The van der Waals surface area contributed by atoms with Gasteiger partial charge in [0, 0.05) is 17.4 Å². The Labute approximate surface area is 129 Å². The highest BCUT2D eigenvalue weighted by molar-refractivity contribution is 7.99. The van der Waals surface area contributed by atoms with E-state index in [-0.39, 0.29) is 17.9 Å². The van der Waals surface area contributed by atoms with Crippen LogP contribution in [-0.2, 0) is 4.79 Å². The Morgan fingerprint density at radius 1 is 1.14 bits per heavy atom. The van der Waals surface area contributed by atoms with E-state index in [0.717, 1.165) is 12.8 Å². The van der Waals surface area contributed by atoms with Crippen molar-refractivity contribution >= 4 is 23.6 Å². The Morgan fingerprint density at radius 2 is 1.86 bits per heavy atom. The summed E-state index contributed by atoms with van der Waals surface area (Å²) in [5.41, 5.74) is 0.652. The first-order chi connectivity index (χ1) is 10.3. The summed E-state index contributed by atoms with van der Waals surface area (Å²) in [5.74, 6) is 1.25. The SMILES string of the molecule is O=C(NC1CCCC1)[C@@H]1CSCN1C(=O)c1ccccc1. The van der Waals surface area contributed by atoms with Crippen LogP contribution in [-0.4, -0.2) is 40.4 Å². The molecule has 0 bridgehead atoms. The van der Waals surface area contributed by atoms with Crippen LogP contribution in [0.25, 0.3) is 0 Å². The number of amides is 2. The van der Waals surface area contributed by atoms with Gasteiger partial charge in [-0.15, -0.1) is 11.8 Å². The Kier molecular flexibility index (Phi) is 4.48. The van der Waals surface area contributed by atoms with Gasteiger partial charge in [-0.1, -0.05) is 31.0 Å². The summed E-state index contributed by atoms with van der Waals surface area (Å²) >= 11 is 1.64. The second kappa shape index (κ2) is 6.52. The van der Waals surface area contributed by atoms with Crippen LogP contribution in [0.2, 0.25) is 0 Å². The molecule has 2 fully saturated rings. The van der Waals surface area contributed by atoms with Crippen molar-refractivity contribution in [3.63, 3.8) is 0 Å². The fraction of sp³-hybridized carbons (Fsp3) is 0.500. The van der Waals surface area contributed by atoms with E-state index in [1.165, 1.54) is 12.8 Å². The smallest absolute Gasteiger partial charge is 0.255 e. The molecule has 1 aromatic rings. The summed E-state index contributed by atoms with van der Waals surface area (Å²) < 4.78 is 0. The molecular formula is C16H20N2O2S. The number of nitrogens with one attached hydrogen (secondary N) is 1. The van der Waals surface area contributed by atoms with Gasteiger partial charge < -0.3 is 10.2 Å². The van der Waals surface area contributed by atoms with E-state index in [4.69, 9.17) is 0 Å². The first-order valence-electron chi connectivity index (χ1n) is 7.50. The Morgan fingerprint density at radius 3 is 2.57 bits per heavy atom. The van der Waals surface area contributed by atoms with Gasteiger partial charge in [-0.25, -0.2) is 0 Å². The zero-order chi connectivity index (χ0) is 14.7. The molecule has 1 saturated carbocycles. The first kappa shape index (κ1) is 14.4. The number of carbonyl (C=O) groups excluding carboxylic acids is 2. The van der Waals surface area contributed by atoms with Crippen molar-refractivity contribution in [2.75, 3.05) is 11.6 Å². The van der Waals surface area contributed by atoms with Crippen molar-refractivity contribution in [1.29, 1.82) is 0 Å². The standard InChI is InChI=1S/C16H20N2O2S/c19-15(17-13-8-4-5-9-13)14-10-21-11-18(14)16(20)12-6-2-1-3-7-12/h1-3,6-7,13-14H,4-5,8-11H2,(H,17,19)/t14-/m0/s1. The van der Waals surface area contributed by atoms with Crippen LogP contribution in [0.4, 0.5) is 0 Å². The molecule has 2 aliphatic rings. The molecule has 4 nitrogen and oxygen atoms in total. The van der Waals surface area contributed by atoms with E-state index in [2.05, 4.69) is 5.32 Å². The van der Waals surface area contributed by atoms with Crippen LogP contribution in [0.3, 0.4) is 0 Å². The van der Waals surface area contributed by atoms with Crippen molar-refractivity contribution in [3.05, 3.63) is 35.9 Å². The molecule has 1 aliphatic carbocycles. The lowest BCUT2D eigenvalue weighted by atomic mass is 10.1. The van der Waals surface area contributed by atoms with Gasteiger partial charge in [-0.3, -0.25) is 9.59 Å². The third-order valence-corrected chi connectivity index (χ3v) is 5.18. The minimum absolute atomic E-state index is 0.0104. The molecule has 3 rings (SSSR count). The highest BCUT2D eigenvalue weighted by Gasteiger charge is 2.36. The van der Waals surface area contributed by atoms with Gasteiger partial charge in [0.25, 0.3) is 5.91 Å². The van der Waals surface area contributed by atoms with Crippen molar-refractivity contribution in [1.82, 2.24) is 10.2 Å². The number of nitrogens with zero attached hydrogens (tertiary/aromatic N) is 1. The van der Waals surface area contributed by atoms with E-state index < -0.39 is 0 Å². The third-order valence-electron chi connectivity index (χ3n) is 4.17. The zero-order valence-electron chi connectivity index (χ0n) is 12.0. The summed E-state index contributed by atoms with van der Waals surface area (Å²) in [6, 6.07) is 9.17. The highest BCUT2D eigenvalue weighted by Crippen LogP contribution is 2.24. The summed E-state index contributed by atoms with van der Waals surface area (Å²) in [4.78, 5) is 26.7. The molecule has 2 amide bonds. The number of rotatable bonds is 3. The molecule has 1 aliphatic heterocycles. The van der Waals surface area contributed by atoms with Crippen LogP contribution >= 0.6 is 11.8 Å². The van der Waals surface area contributed by atoms with Crippen LogP contribution in [0.5, 0.6) is 0 Å². The predicted octanol–water partition coefficient (Wildman–Crippen LogP) is 2.26. The van der Waals surface area contributed by atoms with Crippen molar-refractivity contribution in [3.8, 4) is 0 Å². The number of hydrogen-bond acceptors (Lipinski definition) is 3. The van der Waals surface area contributed by atoms with Gasteiger partial charge in [0.2, 0.25) is 5.91 Å². The second-order valence-electron chi connectivity index (χ2n) is 5.65. The number of benzene rings is 1. The van der Waals surface area contributed by atoms with Crippen molar-refractivity contribution in [2.45, 2.75) is 37.8 Å². The number of hydrogen-bond donors (Lipinski definition) is 1. The van der Waals surface area contributed by atoms with E-state index in [1.54, 1.807) is 28.8 Å². The molecule has 0 aromatic heterocycles. The minimum Gasteiger partial charge on any atom is -0.352 e. The third kappa shape index (κ3) is 3.23. The predicted molar refractivity (Wildman–Crippen MR) is 84.1 cm³/mol. The number of carbonyl (C=O) groups is 2. The van der Waals surface area contributed by atoms with Crippen molar-refractivity contribution < 1.29 is 9.59 Å². The van der Waals surface area contributed by atoms with E-state index in [9.17, 15) is 9.59 Å². The van der Waals surface area contributed by atoms with Gasteiger partial charge in [-0.2, -0.15) is 0 Å². The van der Waals surface area contributed by atoms with Crippen LogP contribution in [0, 0.1) is 0 Å². The second-order valence-corrected chi connectivity index (χ2v) is 6.65. The molecule has 0 radical (unpaired) electrons.